The lowest BCUT2D eigenvalue weighted by molar-refractivity contribution is 0.101. The molecule has 0 saturated carbocycles. The largest absolute Gasteiger partial charge is 0.330 e. The molecule has 4 N–H and O–H groups in total. The Morgan fingerprint density at radius 1 is 1.35 bits per heavy atom. The molecule has 20 heavy (non-hydrogen) atoms. The normalized spacial score (nSPS) is 11.1. The summed E-state index contributed by atoms with van der Waals surface area (Å²) < 4.78 is 25.6. The summed E-state index contributed by atoms with van der Waals surface area (Å²) in [5.41, 5.74) is 1.08. The minimum Gasteiger partial charge on any atom is -0.330 e. The Balaban J connectivity index is 2.16. The van der Waals surface area contributed by atoms with Gasteiger partial charge in [0.2, 0.25) is 0 Å². The van der Waals surface area contributed by atoms with Crippen LogP contribution in [-0.4, -0.2) is 23.9 Å². The second-order valence-corrected chi connectivity index (χ2v) is 5.37. The van der Waals surface area contributed by atoms with E-state index in [4.69, 9.17) is 5.14 Å². The van der Waals surface area contributed by atoms with Gasteiger partial charge in [0.05, 0.1) is 18.2 Å². The molecule has 0 atom stereocenters. The standard InChI is InChI=1S/C11H13N5O3S/c1-16-7-13-6-10(16)11(17)14-8-3-2-4-9(5-8)15-20(12,18)19/h2-7,15H,1H3,(H,14,17)(H2,12,18,19). The maximum Gasteiger partial charge on any atom is 0.296 e. The van der Waals surface area contributed by atoms with Crippen LogP contribution in [0.3, 0.4) is 0 Å². The van der Waals surface area contributed by atoms with Crippen LogP contribution < -0.4 is 15.2 Å². The number of carbonyl (C=O) groups excluding carboxylic acids is 1. The molecule has 106 valence electrons. The minimum absolute atomic E-state index is 0.260. The summed E-state index contributed by atoms with van der Waals surface area (Å²) in [5.74, 6) is -0.349. The Kier molecular flexibility index (Phi) is 3.72. The summed E-state index contributed by atoms with van der Waals surface area (Å²) in [6, 6.07) is 6.19. The van der Waals surface area contributed by atoms with Crippen molar-refractivity contribution in [3.05, 3.63) is 42.5 Å². The fourth-order valence-electron chi connectivity index (χ4n) is 1.60. The number of imidazole rings is 1. The van der Waals surface area contributed by atoms with Crippen molar-refractivity contribution in [1.29, 1.82) is 0 Å². The van der Waals surface area contributed by atoms with E-state index >= 15 is 0 Å². The van der Waals surface area contributed by atoms with E-state index in [1.54, 1.807) is 23.7 Å². The van der Waals surface area contributed by atoms with E-state index in [0.29, 0.717) is 11.4 Å². The molecule has 0 spiro atoms. The summed E-state index contributed by atoms with van der Waals surface area (Å²) in [7, 11) is -2.15. The number of nitrogens with zero attached hydrogens (tertiary/aromatic N) is 2. The van der Waals surface area contributed by atoms with Crippen molar-refractivity contribution in [1.82, 2.24) is 9.55 Å². The predicted molar refractivity (Wildman–Crippen MR) is 74.3 cm³/mol. The summed E-state index contributed by atoms with van der Waals surface area (Å²) in [6.45, 7) is 0. The Hall–Kier alpha value is -2.39. The highest BCUT2D eigenvalue weighted by molar-refractivity contribution is 7.90. The Morgan fingerprint density at radius 2 is 2.05 bits per heavy atom. The van der Waals surface area contributed by atoms with E-state index in [-0.39, 0.29) is 11.6 Å². The summed E-state index contributed by atoms with van der Waals surface area (Å²) in [5, 5.41) is 7.51. The first-order valence-electron chi connectivity index (χ1n) is 5.53. The Labute approximate surface area is 115 Å². The number of hydrogen-bond acceptors (Lipinski definition) is 4. The predicted octanol–water partition coefficient (Wildman–Crippen LogP) is 0.288. The third kappa shape index (κ3) is 3.56. The van der Waals surface area contributed by atoms with Crippen LogP contribution in [0.5, 0.6) is 0 Å². The number of rotatable bonds is 4. The van der Waals surface area contributed by atoms with Crippen LogP contribution in [0.4, 0.5) is 11.4 Å². The van der Waals surface area contributed by atoms with Gasteiger partial charge >= 0.3 is 0 Å². The molecule has 0 fully saturated rings. The molecule has 9 heteroatoms. The summed E-state index contributed by atoms with van der Waals surface area (Å²) >= 11 is 0. The molecule has 1 aromatic heterocycles. The molecular weight excluding hydrogens is 282 g/mol. The Bertz CT molecular complexity index is 738. The third-order valence-electron chi connectivity index (χ3n) is 2.43. The van der Waals surface area contributed by atoms with Crippen molar-refractivity contribution in [3.8, 4) is 0 Å². The van der Waals surface area contributed by atoms with Gasteiger partial charge in [-0.3, -0.25) is 9.52 Å². The molecule has 8 nitrogen and oxygen atoms in total. The van der Waals surface area contributed by atoms with Crippen molar-refractivity contribution in [2.75, 3.05) is 10.0 Å². The number of anilines is 2. The van der Waals surface area contributed by atoms with E-state index in [9.17, 15) is 13.2 Å². The van der Waals surface area contributed by atoms with Gasteiger partial charge in [0.1, 0.15) is 5.69 Å². The molecule has 2 rings (SSSR count). The molecule has 0 unspecified atom stereocenters. The molecule has 1 heterocycles. The first kappa shape index (κ1) is 14.0. The van der Waals surface area contributed by atoms with Gasteiger partial charge in [-0.15, -0.1) is 0 Å². The SMILES string of the molecule is Cn1cncc1C(=O)Nc1cccc(NS(N)(=O)=O)c1. The average molecular weight is 295 g/mol. The number of nitrogens with two attached hydrogens (primary N) is 1. The number of benzene rings is 1. The lowest BCUT2D eigenvalue weighted by atomic mass is 10.3. The van der Waals surface area contributed by atoms with E-state index < -0.39 is 10.2 Å². The van der Waals surface area contributed by atoms with E-state index in [1.807, 2.05) is 0 Å². The average Bonchev–Trinajstić information content (AvgIpc) is 2.73. The molecule has 0 saturated heterocycles. The van der Waals surface area contributed by atoms with Crippen LogP contribution in [0.25, 0.3) is 0 Å². The van der Waals surface area contributed by atoms with Crippen LogP contribution in [0.2, 0.25) is 0 Å². The first-order chi connectivity index (χ1) is 9.35. The molecule has 0 aliphatic rings. The lowest BCUT2D eigenvalue weighted by Crippen LogP contribution is -2.21. The Morgan fingerprint density at radius 3 is 2.65 bits per heavy atom. The first-order valence-corrected chi connectivity index (χ1v) is 7.08. The number of aromatic nitrogens is 2. The summed E-state index contributed by atoms with van der Waals surface area (Å²) in [4.78, 5) is 15.8. The van der Waals surface area contributed by atoms with Gasteiger partial charge in [-0.1, -0.05) is 6.07 Å². The number of nitrogens with one attached hydrogen (secondary N) is 2. The van der Waals surface area contributed by atoms with Crippen molar-refractivity contribution in [3.63, 3.8) is 0 Å². The van der Waals surface area contributed by atoms with Crippen LogP contribution in [-0.2, 0) is 17.3 Å². The fourth-order valence-corrected chi connectivity index (χ4v) is 2.05. The molecule has 2 aromatic rings. The third-order valence-corrected chi connectivity index (χ3v) is 2.95. The van der Waals surface area contributed by atoms with Gasteiger partial charge in [-0.25, -0.2) is 10.1 Å². The number of aryl methyl sites for hydroxylation is 1. The smallest absolute Gasteiger partial charge is 0.296 e. The van der Waals surface area contributed by atoms with Crippen LogP contribution in [0, 0.1) is 0 Å². The van der Waals surface area contributed by atoms with Crippen molar-refractivity contribution < 1.29 is 13.2 Å². The zero-order valence-electron chi connectivity index (χ0n) is 10.6. The maximum absolute atomic E-state index is 12.0. The monoisotopic (exact) mass is 295 g/mol. The molecule has 0 bridgehead atoms. The molecule has 1 amide bonds. The second-order valence-electron chi connectivity index (χ2n) is 4.07. The van der Waals surface area contributed by atoms with Crippen molar-refractivity contribution >= 4 is 27.5 Å². The molecule has 1 aromatic carbocycles. The molecule has 0 aliphatic heterocycles. The number of hydrogen-bond donors (Lipinski definition) is 3. The topological polar surface area (TPSA) is 119 Å². The molecule has 0 radical (unpaired) electrons. The fraction of sp³-hybridized carbons (Fsp3) is 0.0909. The highest BCUT2D eigenvalue weighted by Crippen LogP contribution is 2.16. The zero-order chi connectivity index (χ0) is 14.8. The van der Waals surface area contributed by atoms with Crippen molar-refractivity contribution in [2.24, 2.45) is 12.2 Å². The zero-order valence-corrected chi connectivity index (χ0v) is 11.4. The van der Waals surface area contributed by atoms with E-state index in [0.717, 1.165) is 0 Å². The minimum atomic E-state index is -3.85. The quantitative estimate of drug-likeness (QED) is 0.750. The summed E-state index contributed by atoms with van der Waals surface area (Å²) in [6.07, 6.45) is 2.94. The van der Waals surface area contributed by atoms with Crippen LogP contribution in [0.1, 0.15) is 10.5 Å². The van der Waals surface area contributed by atoms with Gasteiger partial charge in [-0.05, 0) is 18.2 Å². The number of amides is 1. The highest BCUT2D eigenvalue weighted by atomic mass is 32.2. The number of carbonyl (C=O) groups is 1. The second kappa shape index (κ2) is 5.31. The van der Waals surface area contributed by atoms with Crippen LogP contribution >= 0.6 is 0 Å². The van der Waals surface area contributed by atoms with E-state index in [1.165, 1.54) is 24.7 Å². The maximum atomic E-state index is 12.0. The van der Waals surface area contributed by atoms with Crippen molar-refractivity contribution in [2.45, 2.75) is 0 Å². The van der Waals surface area contributed by atoms with Gasteiger partial charge in [0, 0.05) is 12.7 Å². The van der Waals surface area contributed by atoms with E-state index in [2.05, 4.69) is 15.0 Å². The van der Waals surface area contributed by atoms with Gasteiger partial charge in [0.25, 0.3) is 16.1 Å². The van der Waals surface area contributed by atoms with Gasteiger partial charge in [0.15, 0.2) is 0 Å². The van der Waals surface area contributed by atoms with Crippen LogP contribution in [0.15, 0.2) is 36.8 Å². The lowest BCUT2D eigenvalue weighted by Gasteiger charge is -2.08. The van der Waals surface area contributed by atoms with Gasteiger partial charge < -0.3 is 9.88 Å². The van der Waals surface area contributed by atoms with Gasteiger partial charge in [-0.2, -0.15) is 8.42 Å². The highest BCUT2D eigenvalue weighted by Gasteiger charge is 2.10. The molecular formula is C11H13N5O3S. The molecule has 0 aliphatic carbocycles.